The Bertz CT molecular complexity index is 137. The first-order valence-corrected chi connectivity index (χ1v) is 3.21. The zero-order valence-electron chi connectivity index (χ0n) is 6.39. The van der Waals surface area contributed by atoms with Crippen LogP contribution in [0.4, 0.5) is 0 Å². The van der Waals surface area contributed by atoms with Gasteiger partial charge in [-0.1, -0.05) is 0 Å². The maximum Gasteiger partial charge on any atom is 0.182 e. The van der Waals surface area contributed by atoms with Gasteiger partial charge in [0.15, 0.2) is 5.78 Å². The van der Waals surface area contributed by atoms with Crippen LogP contribution in [0.5, 0.6) is 0 Å². The third-order valence-electron chi connectivity index (χ3n) is 0.837. The number of carbonyl (C=O) groups is 1. The standard InChI is InChI=1S/C7H13NO2/c1-3-10-5-7(9)4-6(2)8/h4H,3,5,8H2,1-2H3/b6-4-. The number of rotatable bonds is 4. The number of hydrogen-bond acceptors (Lipinski definition) is 3. The summed E-state index contributed by atoms with van der Waals surface area (Å²) >= 11 is 0. The van der Waals surface area contributed by atoms with Gasteiger partial charge in [-0.3, -0.25) is 4.79 Å². The van der Waals surface area contributed by atoms with E-state index in [2.05, 4.69) is 0 Å². The zero-order chi connectivity index (χ0) is 7.98. The molecule has 0 saturated carbocycles. The zero-order valence-corrected chi connectivity index (χ0v) is 6.39. The summed E-state index contributed by atoms with van der Waals surface area (Å²) in [5.74, 6) is -0.0816. The van der Waals surface area contributed by atoms with E-state index in [1.807, 2.05) is 6.92 Å². The molecule has 0 aliphatic rings. The highest BCUT2D eigenvalue weighted by Gasteiger charge is 1.94. The van der Waals surface area contributed by atoms with Crippen molar-refractivity contribution in [2.45, 2.75) is 13.8 Å². The molecule has 0 amide bonds. The molecule has 0 aromatic carbocycles. The van der Waals surface area contributed by atoms with Crippen LogP contribution in [-0.4, -0.2) is 19.0 Å². The smallest absolute Gasteiger partial charge is 0.182 e. The minimum atomic E-state index is -0.0816. The molecule has 0 fully saturated rings. The lowest BCUT2D eigenvalue weighted by Gasteiger charge is -1.95. The Kier molecular flexibility index (Phi) is 4.58. The molecule has 0 aromatic rings. The predicted octanol–water partition coefficient (Wildman–Crippen LogP) is 0.455. The summed E-state index contributed by atoms with van der Waals surface area (Å²) in [5, 5.41) is 0. The summed E-state index contributed by atoms with van der Waals surface area (Å²) < 4.78 is 4.85. The number of nitrogens with two attached hydrogens (primary N) is 1. The van der Waals surface area contributed by atoms with Crippen molar-refractivity contribution >= 4 is 5.78 Å². The number of carbonyl (C=O) groups excluding carboxylic acids is 1. The molecular weight excluding hydrogens is 130 g/mol. The molecule has 0 atom stereocenters. The highest BCUT2D eigenvalue weighted by atomic mass is 16.5. The molecule has 2 N–H and O–H groups in total. The monoisotopic (exact) mass is 143 g/mol. The van der Waals surface area contributed by atoms with Crippen LogP contribution in [0.15, 0.2) is 11.8 Å². The maximum atomic E-state index is 10.7. The Morgan fingerprint density at radius 1 is 1.70 bits per heavy atom. The van der Waals surface area contributed by atoms with Crippen LogP contribution >= 0.6 is 0 Å². The van der Waals surface area contributed by atoms with Crippen molar-refractivity contribution in [1.82, 2.24) is 0 Å². The lowest BCUT2D eigenvalue weighted by molar-refractivity contribution is -0.118. The molecular formula is C7H13NO2. The molecule has 3 nitrogen and oxygen atoms in total. The topological polar surface area (TPSA) is 52.3 Å². The van der Waals surface area contributed by atoms with Gasteiger partial charge in [0.1, 0.15) is 6.61 Å². The third-order valence-corrected chi connectivity index (χ3v) is 0.837. The molecule has 0 saturated heterocycles. The normalized spacial score (nSPS) is 11.6. The summed E-state index contributed by atoms with van der Waals surface area (Å²) in [6.07, 6.45) is 1.37. The Labute approximate surface area is 60.9 Å². The molecule has 3 heteroatoms. The van der Waals surface area contributed by atoms with E-state index in [4.69, 9.17) is 10.5 Å². The van der Waals surface area contributed by atoms with Crippen LogP contribution in [0.2, 0.25) is 0 Å². The van der Waals surface area contributed by atoms with Crippen LogP contribution in [0.1, 0.15) is 13.8 Å². The van der Waals surface area contributed by atoms with E-state index in [1.165, 1.54) is 6.08 Å². The molecule has 0 aliphatic carbocycles. The fourth-order valence-electron chi connectivity index (χ4n) is 0.498. The SMILES string of the molecule is CCOCC(=O)/C=C(/C)N. The van der Waals surface area contributed by atoms with Gasteiger partial charge in [-0.2, -0.15) is 0 Å². The van der Waals surface area contributed by atoms with Gasteiger partial charge >= 0.3 is 0 Å². The second kappa shape index (κ2) is 4.99. The first-order valence-electron chi connectivity index (χ1n) is 3.21. The Balaban J connectivity index is 3.54. The van der Waals surface area contributed by atoms with E-state index < -0.39 is 0 Å². The summed E-state index contributed by atoms with van der Waals surface area (Å²) in [4.78, 5) is 10.7. The van der Waals surface area contributed by atoms with Crippen molar-refractivity contribution in [2.75, 3.05) is 13.2 Å². The number of ether oxygens (including phenoxy) is 1. The maximum absolute atomic E-state index is 10.7. The van der Waals surface area contributed by atoms with Gasteiger partial charge in [0.05, 0.1) is 0 Å². The highest BCUT2D eigenvalue weighted by molar-refractivity contribution is 5.91. The van der Waals surface area contributed by atoms with Crippen LogP contribution in [0.25, 0.3) is 0 Å². The lowest BCUT2D eigenvalue weighted by atomic mass is 10.3. The number of ketones is 1. The van der Waals surface area contributed by atoms with E-state index in [1.54, 1.807) is 6.92 Å². The summed E-state index contributed by atoms with van der Waals surface area (Å²) in [7, 11) is 0. The average molecular weight is 143 g/mol. The van der Waals surface area contributed by atoms with Crippen molar-refractivity contribution in [3.05, 3.63) is 11.8 Å². The lowest BCUT2D eigenvalue weighted by Crippen LogP contribution is -2.07. The van der Waals surface area contributed by atoms with Crippen molar-refractivity contribution in [2.24, 2.45) is 5.73 Å². The number of hydrogen-bond donors (Lipinski definition) is 1. The van der Waals surface area contributed by atoms with E-state index in [-0.39, 0.29) is 12.4 Å². The first-order chi connectivity index (χ1) is 4.66. The van der Waals surface area contributed by atoms with Gasteiger partial charge in [0, 0.05) is 18.4 Å². The molecule has 0 spiro atoms. The van der Waals surface area contributed by atoms with E-state index in [0.29, 0.717) is 12.3 Å². The Morgan fingerprint density at radius 2 is 2.30 bits per heavy atom. The fraction of sp³-hybridized carbons (Fsp3) is 0.571. The molecule has 0 aliphatic heterocycles. The highest BCUT2D eigenvalue weighted by Crippen LogP contribution is 1.83. The van der Waals surface area contributed by atoms with Crippen molar-refractivity contribution < 1.29 is 9.53 Å². The fourth-order valence-corrected chi connectivity index (χ4v) is 0.498. The van der Waals surface area contributed by atoms with Gasteiger partial charge < -0.3 is 10.5 Å². The van der Waals surface area contributed by atoms with E-state index in [9.17, 15) is 4.79 Å². The minimum absolute atomic E-state index is 0.0816. The van der Waals surface area contributed by atoms with Crippen LogP contribution in [-0.2, 0) is 9.53 Å². The second-order valence-corrected chi connectivity index (χ2v) is 1.99. The first kappa shape index (κ1) is 9.17. The van der Waals surface area contributed by atoms with E-state index in [0.717, 1.165) is 0 Å². The third kappa shape index (κ3) is 5.31. The summed E-state index contributed by atoms with van der Waals surface area (Å²) in [6.45, 7) is 4.20. The molecule has 0 bridgehead atoms. The summed E-state index contributed by atoms with van der Waals surface area (Å²) in [6, 6.07) is 0. The van der Waals surface area contributed by atoms with Crippen LogP contribution in [0.3, 0.4) is 0 Å². The molecule has 0 aromatic heterocycles. The van der Waals surface area contributed by atoms with Crippen LogP contribution in [0, 0.1) is 0 Å². The summed E-state index contributed by atoms with van der Waals surface area (Å²) in [5.41, 5.74) is 5.77. The quantitative estimate of drug-likeness (QED) is 0.581. The molecule has 10 heavy (non-hydrogen) atoms. The van der Waals surface area contributed by atoms with Gasteiger partial charge in [0.2, 0.25) is 0 Å². The minimum Gasteiger partial charge on any atom is -0.402 e. The predicted molar refractivity (Wildman–Crippen MR) is 39.4 cm³/mol. The largest absolute Gasteiger partial charge is 0.402 e. The average Bonchev–Trinajstić information content (AvgIpc) is 1.82. The van der Waals surface area contributed by atoms with Gasteiger partial charge in [-0.05, 0) is 13.8 Å². The van der Waals surface area contributed by atoms with Crippen molar-refractivity contribution in [3.8, 4) is 0 Å². The molecule has 0 radical (unpaired) electrons. The van der Waals surface area contributed by atoms with Crippen molar-refractivity contribution in [1.29, 1.82) is 0 Å². The van der Waals surface area contributed by atoms with Gasteiger partial charge in [-0.15, -0.1) is 0 Å². The van der Waals surface area contributed by atoms with Crippen LogP contribution < -0.4 is 5.73 Å². The number of allylic oxidation sites excluding steroid dienone is 1. The Morgan fingerprint density at radius 3 is 2.70 bits per heavy atom. The second-order valence-electron chi connectivity index (χ2n) is 1.99. The van der Waals surface area contributed by atoms with Crippen molar-refractivity contribution in [3.63, 3.8) is 0 Å². The van der Waals surface area contributed by atoms with Gasteiger partial charge in [0.25, 0.3) is 0 Å². The molecule has 58 valence electrons. The molecule has 0 rings (SSSR count). The molecule has 0 heterocycles. The molecule has 0 unspecified atom stereocenters. The van der Waals surface area contributed by atoms with E-state index >= 15 is 0 Å². The Hall–Kier alpha value is -0.830. The van der Waals surface area contributed by atoms with Gasteiger partial charge in [-0.25, -0.2) is 0 Å².